The Bertz CT molecular complexity index is 520. The molecule has 1 heterocycles. The molecule has 0 aliphatic carbocycles. The summed E-state index contributed by atoms with van der Waals surface area (Å²) >= 11 is 0. The molecular formula is C16H22N2O4. The van der Waals surface area contributed by atoms with Crippen LogP contribution in [-0.4, -0.2) is 35.3 Å². The molecule has 0 aromatic heterocycles. The molecule has 1 aliphatic heterocycles. The molecule has 120 valence electrons. The van der Waals surface area contributed by atoms with Gasteiger partial charge in [-0.05, 0) is 31.9 Å². The summed E-state index contributed by atoms with van der Waals surface area (Å²) in [7, 11) is 0. The second kappa shape index (κ2) is 7.26. The van der Waals surface area contributed by atoms with Crippen LogP contribution in [0.3, 0.4) is 0 Å². The van der Waals surface area contributed by atoms with Crippen molar-refractivity contribution in [2.45, 2.75) is 44.4 Å². The number of amides is 1. The van der Waals surface area contributed by atoms with Crippen LogP contribution in [0.25, 0.3) is 0 Å². The van der Waals surface area contributed by atoms with Crippen LogP contribution in [0, 0.1) is 0 Å². The van der Waals surface area contributed by atoms with Gasteiger partial charge in [-0.25, -0.2) is 4.79 Å². The molecule has 3 N–H and O–H groups in total. The minimum atomic E-state index is -0.919. The van der Waals surface area contributed by atoms with Crippen LogP contribution in [0.1, 0.15) is 31.7 Å². The summed E-state index contributed by atoms with van der Waals surface area (Å²) in [6, 6.07) is 9.53. The van der Waals surface area contributed by atoms with Gasteiger partial charge in [0.05, 0.1) is 12.0 Å². The highest BCUT2D eigenvalue weighted by Gasteiger charge is 2.38. The lowest BCUT2D eigenvalue weighted by Crippen LogP contribution is -2.58. The van der Waals surface area contributed by atoms with Gasteiger partial charge in [0, 0.05) is 6.04 Å². The zero-order valence-electron chi connectivity index (χ0n) is 12.7. The first-order chi connectivity index (χ1) is 10.5. The Labute approximate surface area is 129 Å². The number of hydrogen-bond donors (Lipinski definition) is 3. The Morgan fingerprint density at radius 3 is 2.77 bits per heavy atom. The van der Waals surface area contributed by atoms with E-state index in [-0.39, 0.29) is 19.1 Å². The highest BCUT2D eigenvalue weighted by Crippen LogP contribution is 2.25. The lowest BCUT2D eigenvalue weighted by atomic mass is 9.82. The Morgan fingerprint density at radius 1 is 1.41 bits per heavy atom. The zero-order chi connectivity index (χ0) is 16.0. The third kappa shape index (κ3) is 4.73. The second-order valence-corrected chi connectivity index (χ2v) is 5.85. The van der Waals surface area contributed by atoms with Gasteiger partial charge < -0.3 is 20.5 Å². The van der Waals surface area contributed by atoms with E-state index in [0.29, 0.717) is 19.4 Å². The van der Waals surface area contributed by atoms with Crippen LogP contribution < -0.4 is 10.6 Å². The predicted molar refractivity (Wildman–Crippen MR) is 81.4 cm³/mol. The maximum atomic E-state index is 12.0. The number of benzene rings is 1. The smallest absolute Gasteiger partial charge is 0.407 e. The number of carbonyl (C=O) groups excluding carboxylic acids is 1. The van der Waals surface area contributed by atoms with Gasteiger partial charge in [-0.1, -0.05) is 30.3 Å². The van der Waals surface area contributed by atoms with Crippen LogP contribution in [0.5, 0.6) is 0 Å². The third-order valence-corrected chi connectivity index (χ3v) is 3.86. The summed E-state index contributed by atoms with van der Waals surface area (Å²) in [5.74, 6) is -0.919. The van der Waals surface area contributed by atoms with Gasteiger partial charge in [-0.2, -0.15) is 0 Å². The Balaban J connectivity index is 1.94. The minimum absolute atomic E-state index is 0.0978. The Morgan fingerprint density at radius 2 is 2.14 bits per heavy atom. The molecule has 2 rings (SSSR count). The number of carboxylic acid groups (broad SMARTS) is 1. The Kier molecular flexibility index (Phi) is 5.38. The number of carbonyl (C=O) groups is 2. The first-order valence-corrected chi connectivity index (χ1v) is 7.43. The van der Waals surface area contributed by atoms with Crippen molar-refractivity contribution in [3.05, 3.63) is 35.9 Å². The highest BCUT2D eigenvalue weighted by molar-refractivity contribution is 5.72. The highest BCUT2D eigenvalue weighted by atomic mass is 16.5. The standard InChI is InChI=1S/C16H22N2O4/c1-12-9-16(7-8-17-12,10-14(19)20)18-15(21)22-11-13-5-3-2-4-6-13/h2-6,12,17H,7-11H2,1H3,(H,18,21)(H,19,20). The lowest BCUT2D eigenvalue weighted by molar-refractivity contribution is -0.139. The van der Waals surface area contributed by atoms with Gasteiger partial charge in [0.25, 0.3) is 0 Å². The second-order valence-electron chi connectivity index (χ2n) is 5.85. The molecule has 6 nitrogen and oxygen atoms in total. The van der Waals surface area contributed by atoms with E-state index in [9.17, 15) is 9.59 Å². The molecule has 2 unspecified atom stereocenters. The monoisotopic (exact) mass is 306 g/mol. The molecule has 1 aromatic rings. The molecule has 22 heavy (non-hydrogen) atoms. The number of aliphatic carboxylic acids is 1. The molecule has 1 aromatic carbocycles. The topological polar surface area (TPSA) is 87.7 Å². The fourth-order valence-electron chi connectivity index (χ4n) is 2.90. The molecule has 0 bridgehead atoms. The summed E-state index contributed by atoms with van der Waals surface area (Å²) in [6.45, 7) is 2.82. The van der Waals surface area contributed by atoms with Crippen LogP contribution in [-0.2, 0) is 16.1 Å². The maximum absolute atomic E-state index is 12.0. The quantitative estimate of drug-likeness (QED) is 0.773. The number of hydrogen-bond acceptors (Lipinski definition) is 4. The van der Waals surface area contributed by atoms with Crippen molar-refractivity contribution in [1.29, 1.82) is 0 Å². The van der Waals surface area contributed by atoms with Crippen molar-refractivity contribution in [3.8, 4) is 0 Å². The zero-order valence-corrected chi connectivity index (χ0v) is 12.7. The molecule has 2 atom stereocenters. The SMILES string of the molecule is CC1CC(CC(=O)O)(NC(=O)OCc2ccccc2)CCN1. The van der Waals surface area contributed by atoms with Gasteiger partial charge in [-0.3, -0.25) is 4.79 Å². The summed E-state index contributed by atoms with van der Waals surface area (Å²) in [5.41, 5.74) is 0.146. The number of ether oxygens (including phenoxy) is 1. The van der Waals surface area contributed by atoms with Crippen molar-refractivity contribution < 1.29 is 19.4 Å². The fraction of sp³-hybridized carbons (Fsp3) is 0.500. The van der Waals surface area contributed by atoms with E-state index in [1.165, 1.54) is 0 Å². The summed E-state index contributed by atoms with van der Waals surface area (Å²) in [4.78, 5) is 23.2. The van der Waals surface area contributed by atoms with E-state index >= 15 is 0 Å². The number of rotatable bonds is 5. The summed E-state index contributed by atoms with van der Waals surface area (Å²) < 4.78 is 5.21. The number of alkyl carbamates (subject to hydrolysis) is 1. The summed E-state index contributed by atoms with van der Waals surface area (Å²) in [6.07, 6.45) is 0.475. The molecular weight excluding hydrogens is 284 g/mol. The van der Waals surface area contributed by atoms with Crippen molar-refractivity contribution in [2.75, 3.05) is 6.54 Å². The third-order valence-electron chi connectivity index (χ3n) is 3.86. The molecule has 1 saturated heterocycles. The van der Waals surface area contributed by atoms with Crippen LogP contribution >= 0.6 is 0 Å². The maximum Gasteiger partial charge on any atom is 0.407 e. The molecule has 6 heteroatoms. The average molecular weight is 306 g/mol. The predicted octanol–water partition coefficient (Wildman–Crippen LogP) is 1.90. The van der Waals surface area contributed by atoms with E-state index in [0.717, 1.165) is 5.56 Å². The number of carboxylic acids is 1. The van der Waals surface area contributed by atoms with Crippen molar-refractivity contribution in [3.63, 3.8) is 0 Å². The largest absolute Gasteiger partial charge is 0.481 e. The van der Waals surface area contributed by atoms with Crippen LogP contribution in [0.15, 0.2) is 30.3 Å². The van der Waals surface area contributed by atoms with Crippen molar-refractivity contribution in [2.24, 2.45) is 0 Å². The first kappa shape index (κ1) is 16.3. The summed E-state index contributed by atoms with van der Waals surface area (Å²) in [5, 5.41) is 15.2. The van der Waals surface area contributed by atoms with Gasteiger partial charge in [-0.15, -0.1) is 0 Å². The number of piperidine rings is 1. The van der Waals surface area contributed by atoms with E-state index < -0.39 is 17.6 Å². The number of nitrogens with one attached hydrogen (secondary N) is 2. The molecule has 0 radical (unpaired) electrons. The van der Waals surface area contributed by atoms with E-state index in [1.807, 2.05) is 37.3 Å². The first-order valence-electron chi connectivity index (χ1n) is 7.43. The minimum Gasteiger partial charge on any atom is -0.481 e. The van der Waals surface area contributed by atoms with Crippen LogP contribution in [0.4, 0.5) is 4.79 Å². The van der Waals surface area contributed by atoms with Gasteiger partial charge in [0.1, 0.15) is 6.61 Å². The lowest BCUT2D eigenvalue weighted by Gasteiger charge is -2.39. The molecule has 1 aliphatic rings. The van der Waals surface area contributed by atoms with E-state index in [1.54, 1.807) is 0 Å². The fourth-order valence-corrected chi connectivity index (χ4v) is 2.90. The van der Waals surface area contributed by atoms with Crippen LogP contribution in [0.2, 0.25) is 0 Å². The Hall–Kier alpha value is -2.08. The van der Waals surface area contributed by atoms with Crippen molar-refractivity contribution in [1.82, 2.24) is 10.6 Å². The molecule has 1 amide bonds. The molecule has 0 saturated carbocycles. The average Bonchev–Trinajstić information content (AvgIpc) is 2.45. The van der Waals surface area contributed by atoms with Gasteiger partial charge in [0.2, 0.25) is 0 Å². The van der Waals surface area contributed by atoms with E-state index in [2.05, 4.69) is 10.6 Å². The normalized spacial score (nSPS) is 24.5. The van der Waals surface area contributed by atoms with Gasteiger partial charge >= 0.3 is 12.1 Å². The molecule has 1 fully saturated rings. The van der Waals surface area contributed by atoms with Gasteiger partial charge in [0.15, 0.2) is 0 Å². The molecule has 0 spiro atoms. The van der Waals surface area contributed by atoms with E-state index in [4.69, 9.17) is 9.84 Å². The van der Waals surface area contributed by atoms with Crippen molar-refractivity contribution >= 4 is 12.1 Å².